The zero-order valence-electron chi connectivity index (χ0n) is 14.0. The van der Waals surface area contributed by atoms with Crippen LogP contribution in [0.4, 0.5) is 5.69 Å². The number of aryl methyl sites for hydroxylation is 1. The molecule has 0 bridgehead atoms. The van der Waals surface area contributed by atoms with E-state index in [0.29, 0.717) is 6.04 Å². The fourth-order valence-corrected chi connectivity index (χ4v) is 2.77. The second-order valence-electron chi connectivity index (χ2n) is 5.80. The molecule has 0 saturated carbocycles. The largest absolute Gasteiger partial charge is 0.368 e. The molecule has 0 aliphatic heterocycles. The third-order valence-corrected chi connectivity index (χ3v) is 3.65. The first-order valence-electron chi connectivity index (χ1n) is 7.71. The van der Waals surface area contributed by atoms with Crippen molar-refractivity contribution in [1.82, 2.24) is 10.2 Å². The Balaban J connectivity index is 2.87. The summed E-state index contributed by atoms with van der Waals surface area (Å²) in [6.07, 6.45) is 0. The zero-order chi connectivity index (χ0) is 15.1. The Morgan fingerprint density at radius 1 is 1.20 bits per heavy atom. The van der Waals surface area contributed by atoms with Crippen molar-refractivity contribution in [1.29, 1.82) is 0 Å². The molecule has 0 aromatic heterocycles. The van der Waals surface area contributed by atoms with Crippen molar-refractivity contribution in [3.05, 3.63) is 29.3 Å². The van der Waals surface area contributed by atoms with Crippen LogP contribution in [0.25, 0.3) is 0 Å². The zero-order valence-corrected chi connectivity index (χ0v) is 14.0. The van der Waals surface area contributed by atoms with E-state index < -0.39 is 0 Å². The van der Waals surface area contributed by atoms with Crippen LogP contribution in [0.15, 0.2) is 18.2 Å². The quantitative estimate of drug-likeness (QED) is 0.788. The van der Waals surface area contributed by atoms with Gasteiger partial charge in [0.25, 0.3) is 0 Å². The van der Waals surface area contributed by atoms with Gasteiger partial charge in [0, 0.05) is 31.4 Å². The molecule has 0 spiro atoms. The molecule has 20 heavy (non-hydrogen) atoms. The topological polar surface area (TPSA) is 18.5 Å². The average Bonchev–Trinajstić information content (AvgIpc) is 2.38. The molecule has 0 heterocycles. The van der Waals surface area contributed by atoms with Gasteiger partial charge in [-0.2, -0.15) is 0 Å². The molecule has 0 fully saturated rings. The summed E-state index contributed by atoms with van der Waals surface area (Å²) in [6.45, 7) is 13.0. The highest BCUT2D eigenvalue weighted by Crippen LogP contribution is 2.23. The van der Waals surface area contributed by atoms with Crippen LogP contribution in [-0.4, -0.2) is 44.7 Å². The highest BCUT2D eigenvalue weighted by atomic mass is 15.2. The SMILES string of the molecule is CCNCc1ccc(N(CC)C(C)CN(C)C)c(C)c1. The van der Waals surface area contributed by atoms with Gasteiger partial charge in [-0.05, 0) is 58.6 Å². The highest BCUT2D eigenvalue weighted by Gasteiger charge is 2.15. The fraction of sp³-hybridized carbons (Fsp3) is 0.647. The molecule has 1 rings (SSSR count). The molecule has 3 nitrogen and oxygen atoms in total. The number of benzene rings is 1. The first-order chi connectivity index (χ1) is 9.49. The van der Waals surface area contributed by atoms with Crippen molar-refractivity contribution >= 4 is 5.69 Å². The Hall–Kier alpha value is -1.06. The third-order valence-electron chi connectivity index (χ3n) is 3.65. The standard InChI is InChI=1S/C17H31N3/c1-7-18-12-16-9-10-17(14(3)11-16)20(8-2)15(4)13-19(5)6/h9-11,15,18H,7-8,12-13H2,1-6H3. The van der Waals surface area contributed by atoms with E-state index in [9.17, 15) is 0 Å². The van der Waals surface area contributed by atoms with Gasteiger partial charge in [-0.3, -0.25) is 0 Å². The normalized spacial score (nSPS) is 12.8. The van der Waals surface area contributed by atoms with Crippen LogP contribution < -0.4 is 10.2 Å². The monoisotopic (exact) mass is 277 g/mol. The van der Waals surface area contributed by atoms with Gasteiger partial charge < -0.3 is 15.1 Å². The van der Waals surface area contributed by atoms with E-state index in [1.165, 1.54) is 16.8 Å². The van der Waals surface area contributed by atoms with Gasteiger partial charge in [0.05, 0.1) is 0 Å². The van der Waals surface area contributed by atoms with Gasteiger partial charge in [0.1, 0.15) is 0 Å². The minimum Gasteiger partial charge on any atom is -0.368 e. The minimum absolute atomic E-state index is 0.522. The molecule has 0 radical (unpaired) electrons. The summed E-state index contributed by atoms with van der Waals surface area (Å²) in [7, 11) is 4.27. The number of hydrogen-bond acceptors (Lipinski definition) is 3. The van der Waals surface area contributed by atoms with E-state index in [2.05, 4.69) is 75.1 Å². The summed E-state index contributed by atoms with van der Waals surface area (Å²) in [4.78, 5) is 4.74. The fourth-order valence-electron chi connectivity index (χ4n) is 2.77. The molecule has 1 N–H and O–H groups in total. The van der Waals surface area contributed by atoms with E-state index in [1.807, 2.05) is 0 Å². The van der Waals surface area contributed by atoms with E-state index >= 15 is 0 Å². The van der Waals surface area contributed by atoms with Crippen molar-refractivity contribution in [2.45, 2.75) is 40.3 Å². The molecule has 0 amide bonds. The first-order valence-corrected chi connectivity index (χ1v) is 7.71. The molecule has 0 saturated heterocycles. The Morgan fingerprint density at radius 3 is 2.40 bits per heavy atom. The highest BCUT2D eigenvalue weighted by molar-refractivity contribution is 5.55. The van der Waals surface area contributed by atoms with E-state index in [4.69, 9.17) is 0 Å². The van der Waals surface area contributed by atoms with Gasteiger partial charge in [-0.1, -0.05) is 19.1 Å². The molecule has 0 aliphatic rings. The Bertz CT molecular complexity index is 401. The van der Waals surface area contributed by atoms with Crippen LogP contribution in [0.1, 0.15) is 31.9 Å². The Morgan fingerprint density at radius 2 is 1.90 bits per heavy atom. The molecule has 1 aromatic rings. The van der Waals surface area contributed by atoms with Gasteiger partial charge in [0.2, 0.25) is 0 Å². The lowest BCUT2D eigenvalue weighted by atomic mass is 10.1. The molecule has 114 valence electrons. The van der Waals surface area contributed by atoms with Gasteiger partial charge >= 0.3 is 0 Å². The molecule has 0 aliphatic carbocycles. The molecule has 1 unspecified atom stereocenters. The lowest BCUT2D eigenvalue weighted by Crippen LogP contribution is -2.40. The predicted octanol–water partition coefficient (Wildman–Crippen LogP) is 2.88. The summed E-state index contributed by atoms with van der Waals surface area (Å²) in [5.74, 6) is 0. The number of likely N-dealkylation sites (N-methyl/N-ethyl adjacent to an activating group) is 2. The third kappa shape index (κ3) is 4.80. The van der Waals surface area contributed by atoms with Gasteiger partial charge in [0.15, 0.2) is 0 Å². The number of rotatable bonds is 8. The average molecular weight is 277 g/mol. The van der Waals surface area contributed by atoms with E-state index in [0.717, 1.165) is 26.2 Å². The van der Waals surface area contributed by atoms with Crippen molar-refractivity contribution in [3.63, 3.8) is 0 Å². The van der Waals surface area contributed by atoms with Crippen molar-refractivity contribution in [2.75, 3.05) is 38.6 Å². The maximum atomic E-state index is 3.38. The molecular weight excluding hydrogens is 246 g/mol. The molecular formula is C17H31N3. The summed E-state index contributed by atoms with van der Waals surface area (Å²) in [5.41, 5.74) is 4.10. The number of anilines is 1. The van der Waals surface area contributed by atoms with Crippen LogP contribution in [0.3, 0.4) is 0 Å². The van der Waals surface area contributed by atoms with Crippen molar-refractivity contribution in [2.24, 2.45) is 0 Å². The van der Waals surface area contributed by atoms with Gasteiger partial charge in [-0.15, -0.1) is 0 Å². The molecule has 1 atom stereocenters. The van der Waals surface area contributed by atoms with E-state index in [-0.39, 0.29) is 0 Å². The molecule has 1 aromatic carbocycles. The number of nitrogens with one attached hydrogen (secondary N) is 1. The maximum absolute atomic E-state index is 3.38. The number of hydrogen-bond donors (Lipinski definition) is 1. The lowest BCUT2D eigenvalue weighted by Gasteiger charge is -2.33. The maximum Gasteiger partial charge on any atom is 0.0398 e. The van der Waals surface area contributed by atoms with Crippen LogP contribution in [0.2, 0.25) is 0 Å². The van der Waals surface area contributed by atoms with Gasteiger partial charge in [-0.25, -0.2) is 0 Å². The Labute approximate surface area is 125 Å². The predicted molar refractivity (Wildman–Crippen MR) is 89.6 cm³/mol. The van der Waals surface area contributed by atoms with Crippen LogP contribution in [-0.2, 0) is 6.54 Å². The van der Waals surface area contributed by atoms with Crippen LogP contribution in [0, 0.1) is 6.92 Å². The molecule has 3 heteroatoms. The smallest absolute Gasteiger partial charge is 0.0398 e. The van der Waals surface area contributed by atoms with Crippen LogP contribution >= 0.6 is 0 Å². The second kappa shape index (κ2) is 8.28. The van der Waals surface area contributed by atoms with Crippen molar-refractivity contribution < 1.29 is 0 Å². The van der Waals surface area contributed by atoms with E-state index in [1.54, 1.807) is 0 Å². The first kappa shape index (κ1) is 17.0. The summed E-state index contributed by atoms with van der Waals surface area (Å²) in [5, 5.41) is 3.38. The minimum atomic E-state index is 0.522. The second-order valence-corrected chi connectivity index (χ2v) is 5.80. The van der Waals surface area contributed by atoms with Crippen LogP contribution in [0.5, 0.6) is 0 Å². The Kier molecular flexibility index (Phi) is 7.03. The summed E-state index contributed by atoms with van der Waals surface area (Å²) >= 11 is 0. The lowest BCUT2D eigenvalue weighted by molar-refractivity contribution is 0.373. The summed E-state index contributed by atoms with van der Waals surface area (Å²) in [6, 6.07) is 7.35. The number of nitrogens with zero attached hydrogens (tertiary/aromatic N) is 2. The summed E-state index contributed by atoms with van der Waals surface area (Å²) < 4.78 is 0. The van der Waals surface area contributed by atoms with Crippen molar-refractivity contribution in [3.8, 4) is 0 Å².